The van der Waals surface area contributed by atoms with Crippen molar-refractivity contribution in [1.82, 2.24) is 9.97 Å². The van der Waals surface area contributed by atoms with E-state index >= 15 is 0 Å². The second-order valence-electron chi connectivity index (χ2n) is 6.28. The van der Waals surface area contributed by atoms with Crippen molar-refractivity contribution in [2.24, 2.45) is 0 Å². The molecule has 2 aromatic carbocycles. The molecule has 0 aliphatic heterocycles. The minimum absolute atomic E-state index is 0.00214. The predicted octanol–water partition coefficient (Wildman–Crippen LogP) is 3.26. The molecule has 2 N–H and O–H groups in total. The Morgan fingerprint density at radius 2 is 1.84 bits per heavy atom. The molecule has 0 saturated heterocycles. The van der Waals surface area contributed by atoms with Crippen molar-refractivity contribution in [1.29, 1.82) is 0 Å². The first-order valence-electron chi connectivity index (χ1n) is 9.21. The SMILES string of the molecule is CCOc1cc(/C=C\c2[nH]c(=O)[nH]c(=O)c2[N+](=O)[O-])ccc1OCc1ccccc1F. The molecular formula is C21H18FN3O6. The van der Waals surface area contributed by atoms with Crippen LogP contribution in [-0.4, -0.2) is 21.5 Å². The molecule has 0 saturated carbocycles. The molecule has 31 heavy (non-hydrogen) atoms. The number of ether oxygens (including phenoxy) is 2. The average Bonchev–Trinajstić information content (AvgIpc) is 2.72. The van der Waals surface area contributed by atoms with Crippen molar-refractivity contribution in [3.05, 3.63) is 96.1 Å². The number of nitrogens with one attached hydrogen (secondary N) is 2. The molecule has 160 valence electrons. The van der Waals surface area contributed by atoms with Gasteiger partial charge in [-0.1, -0.05) is 30.3 Å². The van der Waals surface area contributed by atoms with Gasteiger partial charge in [0, 0.05) is 5.56 Å². The molecule has 3 aromatic rings. The number of rotatable bonds is 8. The maximum Gasteiger partial charge on any atom is 0.357 e. The minimum Gasteiger partial charge on any atom is -0.490 e. The fraction of sp³-hybridized carbons (Fsp3) is 0.143. The van der Waals surface area contributed by atoms with Gasteiger partial charge >= 0.3 is 16.9 Å². The summed E-state index contributed by atoms with van der Waals surface area (Å²) < 4.78 is 25.1. The van der Waals surface area contributed by atoms with Gasteiger partial charge in [0.25, 0.3) is 0 Å². The number of aromatic nitrogens is 2. The number of aromatic amines is 2. The summed E-state index contributed by atoms with van der Waals surface area (Å²) in [7, 11) is 0. The Hall–Kier alpha value is -4.21. The number of benzene rings is 2. The Balaban J connectivity index is 1.88. The van der Waals surface area contributed by atoms with Crippen LogP contribution in [0.5, 0.6) is 11.5 Å². The summed E-state index contributed by atoms with van der Waals surface area (Å²) in [5.74, 6) is 0.390. The zero-order valence-corrected chi connectivity index (χ0v) is 16.4. The highest BCUT2D eigenvalue weighted by atomic mass is 19.1. The Labute approximate surface area is 174 Å². The minimum atomic E-state index is -1.10. The molecule has 0 atom stereocenters. The lowest BCUT2D eigenvalue weighted by atomic mass is 10.1. The van der Waals surface area contributed by atoms with E-state index in [0.717, 1.165) is 0 Å². The quantitative estimate of drug-likeness (QED) is 0.420. The average molecular weight is 427 g/mol. The van der Waals surface area contributed by atoms with Gasteiger partial charge in [-0.3, -0.25) is 19.9 Å². The van der Waals surface area contributed by atoms with Crippen LogP contribution in [0, 0.1) is 15.9 Å². The van der Waals surface area contributed by atoms with E-state index in [1.165, 1.54) is 18.2 Å². The summed E-state index contributed by atoms with van der Waals surface area (Å²) in [6.07, 6.45) is 2.72. The van der Waals surface area contributed by atoms with Crippen LogP contribution in [0.25, 0.3) is 12.2 Å². The highest BCUT2D eigenvalue weighted by molar-refractivity contribution is 5.72. The van der Waals surface area contributed by atoms with Crippen molar-refractivity contribution in [3.63, 3.8) is 0 Å². The molecule has 0 fully saturated rings. The van der Waals surface area contributed by atoms with E-state index in [9.17, 15) is 24.1 Å². The molecular weight excluding hydrogens is 409 g/mol. The molecule has 1 aromatic heterocycles. The van der Waals surface area contributed by atoms with Gasteiger partial charge in [-0.25, -0.2) is 9.18 Å². The fourth-order valence-electron chi connectivity index (χ4n) is 2.77. The zero-order valence-electron chi connectivity index (χ0n) is 16.4. The van der Waals surface area contributed by atoms with E-state index in [4.69, 9.17) is 9.47 Å². The van der Waals surface area contributed by atoms with Crippen molar-refractivity contribution in [2.75, 3.05) is 6.61 Å². The first-order valence-corrected chi connectivity index (χ1v) is 9.21. The van der Waals surface area contributed by atoms with Crippen LogP contribution in [0.4, 0.5) is 10.1 Å². The van der Waals surface area contributed by atoms with Gasteiger partial charge in [-0.15, -0.1) is 0 Å². The van der Waals surface area contributed by atoms with Crippen LogP contribution in [0.15, 0.2) is 52.1 Å². The van der Waals surface area contributed by atoms with Crippen molar-refractivity contribution in [2.45, 2.75) is 13.5 Å². The van der Waals surface area contributed by atoms with E-state index in [1.54, 1.807) is 43.3 Å². The summed E-state index contributed by atoms with van der Waals surface area (Å²) >= 11 is 0. The third-order valence-corrected chi connectivity index (χ3v) is 4.18. The smallest absolute Gasteiger partial charge is 0.357 e. The van der Waals surface area contributed by atoms with Crippen LogP contribution < -0.4 is 20.7 Å². The van der Waals surface area contributed by atoms with E-state index in [0.29, 0.717) is 29.2 Å². The number of nitrogens with zero attached hydrogens (tertiary/aromatic N) is 1. The Morgan fingerprint density at radius 3 is 2.55 bits per heavy atom. The maximum absolute atomic E-state index is 13.8. The Morgan fingerprint density at radius 1 is 1.06 bits per heavy atom. The molecule has 0 unspecified atom stereocenters. The number of hydrogen-bond donors (Lipinski definition) is 2. The first-order chi connectivity index (χ1) is 14.9. The van der Waals surface area contributed by atoms with E-state index in [1.807, 2.05) is 4.98 Å². The van der Waals surface area contributed by atoms with Crippen LogP contribution >= 0.6 is 0 Å². The van der Waals surface area contributed by atoms with Gasteiger partial charge in [-0.2, -0.15) is 0 Å². The van der Waals surface area contributed by atoms with Crippen LogP contribution in [0.2, 0.25) is 0 Å². The molecule has 0 amide bonds. The summed E-state index contributed by atoms with van der Waals surface area (Å²) in [6.45, 7) is 2.13. The Bertz CT molecular complexity index is 1250. The normalized spacial score (nSPS) is 10.9. The molecule has 0 radical (unpaired) electrons. The van der Waals surface area contributed by atoms with Gasteiger partial charge in [0.15, 0.2) is 11.5 Å². The molecule has 10 heteroatoms. The highest BCUT2D eigenvalue weighted by Gasteiger charge is 2.18. The third kappa shape index (κ3) is 5.24. The largest absolute Gasteiger partial charge is 0.490 e. The molecule has 9 nitrogen and oxygen atoms in total. The van der Waals surface area contributed by atoms with Gasteiger partial charge in [0.1, 0.15) is 18.1 Å². The number of H-pyrrole nitrogens is 2. The van der Waals surface area contributed by atoms with Gasteiger partial charge in [0.2, 0.25) is 0 Å². The van der Waals surface area contributed by atoms with E-state index in [-0.39, 0.29) is 18.1 Å². The standard InChI is InChI=1S/C21H18FN3O6/c1-2-30-18-11-13(7-9-16-19(25(28)29)20(26)24-21(27)23-16)8-10-17(18)31-12-14-5-3-4-6-15(14)22/h3-11H,2,12H2,1H3,(H2,23,24,26,27)/b9-7-. The number of hydrogen-bond acceptors (Lipinski definition) is 6. The fourth-order valence-corrected chi connectivity index (χ4v) is 2.77. The topological polar surface area (TPSA) is 127 Å². The molecule has 0 bridgehead atoms. The van der Waals surface area contributed by atoms with Crippen molar-refractivity contribution >= 4 is 17.8 Å². The second kappa shape index (κ2) is 9.53. The maximum atomic E-state index is 13.8. The molecule has 0 spiro atoms. The van der Waals surface area contributed by atoms with E-state index < -0.39 is 21.9 Å². The van der Waals surface area contributed by atoms with Gasteiger partial charge in [0.05, 0.1) is 11.5 Å². The zero-order chi connectivity index (χ0) is 22.4. The summed E-state index contributed by atoms with van der Waals surface area (Å²) in [5.41, 5.74) is -2.01. The highest BCUT2D eigenvalue weighted by Crippen LogP contribution is 2.30. The number of halogens is 1. The second-order valence-corrected chi connectivity index (χ2v) is 6.28. The van der Waals surface area contributed by atoms with Gasteiger partial charge in [-0.05, 0) is 36.8 Å². The van der Waals surface area contributed by atoms with Gasteiger partial charge < -0.3 is 14.5 Å². The third-order valence-electron chi connectivity index (χ3n) is 4.18. The lowest BCUT2D eigenvalue weighted by Crippen LogP contribution is -2.25. The van der Waals surface area contributed by atoms with Crippen LogP contribution in [0.3, 0.4) is 0 Å². The summed E-state index contributed by atoms with van der Waals surface area (Å²) in [4.78, 5) is 37.5. The molecule has 0 aliphatic rings. The van der Waals surface area contributed by atoms with Crippen molar-refractivity contribution < 1.29 is 18.8 Å². The Kier molecular flexibility index (Phi) is 6.61. The summed E-state index contributed by atoms with van der Waals surface area (Å²) in [6, 6.07) is 11.1. The predicted molar refractivity (Wildman–Crippen MR) is 112 cm³/mol. The number of nitro groups is 1. The molecule has 0 aliphatic carbocycles. The van der Waals surface area contributed by atoms with Crippen molar-refractivity contribution in [3.8, 4) is 11.5 Å². The molecule has 3 rings (SSSR count). The van der Waals surface area contributed by atoms with Crippen LogP contribution in [0.1, 0.15) is 23.7 Å². The first kappa shape index (κ1) is 21.5. The summed E-state index contributed by atoms with van der Waals surface area (Å²) in [5, 5.41) is 11.1. The monoisotopic (exact) mass is 427 g/mol. The molecule has 1 heterocycles. The van der Waals surface area contributed by atoms with E-state index in [2.05, 4.69) is 4.98 Å². The lowest BCUT2D eigenvalue weighted by molar-refractivity contribution is -0.386. The van der Waals surface area contributed by atoms with Crippen LogP contribution in [-0.2, 0) is 6.61 Å². The lowest BCUT2D eigenvalue weighted by Gasteiger charge is -2.13.